The number of aryl methyl sites for hydroxylation is 1. The number of aromatic nitrogens is 1. The summed E-state index contributed by atoms with van der Waals surface area (Å²) in [7, 11) is 3.15. The molecule has 1 atom stereocenters. The van der Waals surface area contributed by atoms with E-state index >= 15 is 0 Å². The Kier molecular flexibility index (Phi) is 6.37. The second-order valence-corrected chi connectivity index (χ2v) is 5.63. The summed E-state index contributed by atoms with van der Waals surface area (Å²) in [6.45, 7) is 0.175. The number of benzene rings is 1. The summed E-state index contributed by atoms with van der Waals surface area (Å²) < 4.78 is 33.1. The maximum Gasteiger partial charge on any atom is 0.328 e. The Balaban J connectivity index is 1.97. The minimum Gasteiger partial charge on any atom is -0.464 e. The molecule has 0 fully saturated rings. The first-order valence-electron chi connectivity index (χ1n) is 7.66. The normalized spacial score (nSPS) is 12.2. The molecule has 2 aromatic rings. The van der Waals surface area contributed by atoms with Gasteiger partial charge in [-0.1, -0.05) is 12.1 Å². The van der Waals surface area contributed by atoms with Crippen LogP contribution in [0.4, 0.5) is 8.78 Å². The fraction of sp³-hybridized carbons (Fsp3) is 0.333. The Morgan fingerprint density at radius 1 is 1.21 bits per heavy atom. The van der Waals surface area contributed by atoms with Gasteiger partial charge in [-0.3, -0.25) is 9.88 Å². The molecule has 0 radical (unpaired) electrons. The van der Waals surface area contributed by atoms with Crippen LogP contribution in [0.25, 0.3) is 0 Å². The molecule has 0 unspecified atom stereocenters. The molecule has 0 bridgehead atoms. The highest BCUT2D eigenvalue weighted by atomic mass is 19.1. The van der Waals surface area contributed by atoms with E-state index < -0.39 is 23.6 Å². The number of carbonyl (C=O) groups is 1. The molecule has 4 nitrogen and oxygen atoms in total. The maximum absolute atomic E-state index is 13.9. The second kappa shape index (κ2) is 8.49. The molecule has 0 aliphatic carbocycles. The minimum absolute atomic E-state index is 0.175. The molecule has 6 heteroatoms. The van der Waals surface area contributed by atoms with E-state index in [4.69, 9.17) is 4.74 Å². The standard InChI is InChI=1S/C18H20F2N2O2/c1-22(2)17(16-14(19)8-3-9-15(16)20)18(23)24-11-5-7-13-6-4-10-21-12-13/h3-4,6,8-10,12,17H,5,7,11H2,1-2H3/t17-/m0/s1. The molecule has 0 aliphatic heterocycles. The van der Waals surface area contributed by atoms with Gasteiger partial charge in [0, 0.05) is 12.4 Å². The first-order valence-corrected chi connectivity index (χ1v) is 7.66. The number of nitrogens with zero attached hydrogens (tertiary/aromatic N) is 2. The quantitative estimate of drug-likeness (QED) is 0.576. The van der Waals surface area contributed by atoms with Gasteiger partial charge in [0.15, 0.2) is 0 Å². The number of rotatable bonds is 7. The summed E-state index contributed by atoms with van der Waals surface area (Å²) in [5.74, 6) is -2.20. The number of esters is 1. The van der Waals surface area contributed by atoms with Gasteiger partial charge in [-0.15, -0.1) is 0 Å². The fourth-order valence-electron chi connectivity index (χ4n) is 2.43. The van der Waals surface area contributed by atoms with Gasteiger partial charge in [-0.2, -0.15) is 0 Å². The predicted molar refractivity (Wildman–Crippen MR) is 86.3 cm³/mol. The number of carbonyl (C=O) groups excluding carboxylic acids is 1. The van der Waals surface area contributed by atoms with E-state index in [1.54, 1.807) is 26.5 Å². The van der Waals surface area contributed by atoms with Crippen LogP contribution in [-0.2, 0) is 16.0 Å². The lowest BCUT2D eigenvalue weighted by molar-refractivity contribution is -0.149. The number of pyridine rings is 1. The molecule has 2 rings (SSSR count). The summed E-state index contributed by atoms with van der Waals surface area (Å²) in [6, 6.07) is 6.18. The van der Waals surface area contributed by atoms with E-state index in [0.717, 1.165) is 17.7 Å². The van der Waals surface area contributed by atoms with Crippen molar-refractivity contribution in [3.8, 4) is 0 Å². The number of likely N-dealkylation sites (N-methyl/N-ethyl adjacent to an activating group) is 1. The fourth-order valence-corrected chi connectivity index (χ4v) is 2.43. The predicted octanol–water partition coefficient (Wildman–Crippen LogP) is 3.14. The SMILES string of the molecule is CN(C)[C@H](C(=O)OCCCc1cccnc1)c1c(F)cccc1F. The third kappa shape index (κ3) is 4.58. The zero-order valence-corrected chi connectivity index (χ0v) is 13.7. The lowest BCUT2D eigenvalue weighted by Gasteiger charge is -2.23. The van der Waals surface area contributed by atoms with Crippen molar-refractivity contribution in [2.45, 2.75) is 18.9 Å². The van der Waals surface area contributed by atoms with Crippen LogP contribution >= 0.6 is 0 Å². The average Bonchev–Trinajstić information content (AvgIpc) is 2.55. The van der Waals surface area contributed by atoms with Crippen LogP contribution in [0.1, 0.15) is 23.6 Å². The van der Waals surface area contributed by atoms with Crippen LogP contribution < -0.4 is 0 Å². The van der Waals surface area contributed by atoms with E-state index in [9.17, 15) is 13.6 Å². The molecule has 0 saturated carbocycles. The Bertz CT molecular complexity index is 658. The van der Waals surface area contributed by atoms with Gasteiger partial charge in [-0.05, 0) is 50.7 Å². The third-order valence-corrected chi connectivity index (χ3v) is 3.59. The van der Waals surface area contributed by atoms with Crippen LogP contribution in [-0.4, -0.2) is 36.6 Å². The van der Waals surface area contributed by atoms with Crippen LogP contribution in [0.5, 0.6) is 0 Å². The van der Waals surface area contributed by atoms with Crippen LogP contribution in [0.2, 0.25) is 0 Å². The molecular formula is C18H20F2N2O2. The van der Waals surface area contributed by atoms with Gasteiger partial charge in [0.05, 0.1) is 12.2 Å². The Labute approximate surface area is 140 Å². The Morgan fingerprint density at radius 2 is 1.92 bits per heavy atom. The number of halogens is 2. The molecule has 0 amide bonds. The van der Waals surface area contributed by atoms with Crippen molar-refractivity contribution in [2.75, 3.05) is 20.7 Å². The molecule has 1 aromatic carbocycles. The van der Waals surface area contributed by atoms with E-state index in [-0.39, 0.29) is 12.2 Å². The largest absolute Gasteiger partial charge is 0.464 e. The van der Waals surface area contributed by atoms with Gasteiger partial charge >= 0.3 is 5.97 Å². The molecule has 0 saturated heterocycles. The lowest BCUT2D eigenvalue weighted by Crippen LogP contribution is -2.31. The molecule has 0 N–H and O–H groups in total. The number of hydrogen-bond donors (Lipinski definition) is 0. The monoisotopic (exact) mass is 334 g/mol. The van der Waals surface area contributed by atoms with Crippen LogP contribution in [0.15, 0.2) is 42.7 Å². The van der Waals surface area contributed by atoms with Crippen molar-refractivity contribution in [3.05, 3.63) is 65.5 Å². The molecule has 24 heavy (non-hydrogen) atoms. The topological polar surface area (TPSA) is 42.4 Å². The zero-order chi connectivity index (χ0) is 17.5. The van der Waals surface area contributed by atoms with Crippen LogP contribution in [0.3, 0.4) is 0 Å². The summed E-state index contributed by atoms with van der Waals surface area (Å²) in [5, 5.41) is 0. The molecule has 128 valence electrons. The average molecular weight is 334 g/mol. The summed E-state index contributed by atoms with van der Waals surface area (Å²) in [6.07, 6.45) is 4.76. The lowest BCUT2D eigenvalue weighted by atomic mass is 10.0. The second-order valence-electron chi connectivity index (χ2n) is 5.63. The van der Waals surface area contributed by atoms with Crippen molar-refractivity contribution in [1.29, 1.82) is 0 Å². The minimum atomic E-state index is -1.12. The Morgan fingerprint density at radius 3 is 2.50 bits per heavy atom. The van der Waals surface area contributed by atoms with Crippen molar-refractivity contribution in [3.63, 3.8) is 0 Å². The third-order valence-electron chi connectivity index (χ3n) is 3.59. The molecule has 1 heterocycles. The van der Waals surface area contributed by atoms with Crippen LogP contribution in [0, 0.1) is 11.6 Å². The van der Waals surface area contributed by atoms with Gasteiger partial charge in [0.25, 0.3) is 0 Å². The van der Waals surface area contributed by atoms with Gasteiger partial charge in [0.2, 0.25) is 0 Å². The number of ether oxygens (including phenoxy) is 1. The first kappa shape index (κ1) is 18.0. The smallest absolute Gasteiger partial charge is 0.328 e. The van der Waals surface area contributed by atoms with Gasteiger partial charge < -0.3 is 4.74 Å². The van der Waals surface area contributed by atoms with Gasteiger partial charge in [0.1, 0.15) is 17.7 Å². The van der Waals surface area contributed by atoms with E-state index in [1.165, 1.54) is 11.0 Å². The van der Waals surface area contributed by atoms with Crippen molar-refractivity contribution < 1.29 is 18.3 Å². The molecule has 0 aliphatic rings. The maximum atomic E-state index is 13.9. The van der Waals surface area contributed by atoms with Gasteiger partial charge in [-0.25, -0.2) is 13.6 Å². The summed E-state index contributed by atoms with van der Waals surface area (Å²) in [4.78, 5) is 17.7. The molecule has 1 aromatic heterocycles. The van der Waals surface area contributed by atoms with Crippen molar-refractivity contribution >= 4 is 5.97 Å². The number of hydrogen-bond acceptors (Lipinski definition) is 4. The Hall–Kier alpha value is -2.34. The first-order chi connectivity index (χ1) is 11.5. The molecule has 0 spiro atoms. The highest BCUT2D eigenvalue weighted by Gasteiger charge is 2.30. The van der Waals surface area contributed by atoms with Crippen molar-refractivity contribution in [1.82, 2.24) is 9.88 Å². The molecular weight excluding hydrogens is 314 g/mol. The zero-order valence-electron chi connectivity index (χ0n) is 13.7. The van der Waals surface area contributed by atoms with E-state index in [0.29, 0.717) is 12.8 Å². The van der Waals surface area contributed by atoms with Crippen molar-refractivity contribution in [2.24, 2.45) is 0 Å². The van der Waals surface area contributed by atoms with E-state index in [1.807, 2.05) is 12.1 Å². The van der Waals surface area contributed by atoms with E-state index in [2.05, 4.69) is 4.98 Å². The highest BCUT2D eigenvalue weighted by Crippen LogP contribution is 2.25. The summed E-state index contributed by atoms with van der Waals surface area (Å²) in [5.41, 5.74) is 0.748. The highest BCUT2D eigenvalue weighted by molar-refractivity contribution is 5.77. The summed E-state index contributed by atoms with van der Waals surface area (Å²) >= 11 is 0.